The lowest BCUT2D eigenvalue weighted by molar-refractivity contribution is -0.127. The van der Waals surface area contributed by atoms with Crippen molar-refractivity contribution >= 4 is 17.7 Å². The van der Waals surface area contributed by atoms with Crippen LogP contribution in [0.15, 0.2) is 23.4 Å². The monoisotopic (exact) mass is 267 g/mol. The first-order chi connectivity index (χ1) is 8.58. The van der Waals surface area contributed by atoms with E-state index < -0.39 is 0 Å². The molecule has 0 aliphatic rings. The summed E-state index contributed by atoms with van der Waals surface area (Å²) < 4.78 is 0. The van der Waals surface area contributed by atoms with Gasteiger partial charge in [0.15, 0.2) is 0 Å². The summed E-state index contributed by atoms with van der Waals surface area (Å²) in [6.07, 6.45) is 1.74. The molecule has 1 aromatic rings. The third-order valence-electron chi connectivity index (χ3n) is 2.74. The summed E-state index contributed by atoms with van der Waals surface area (Å²) in [4.78, 5) is 17.9. The molecule has 0 radical (unpaired) electrons. The van der Waals surface area contributed by atoms with Gasteiger partial charge in [0.25, 0.3) is 0 Å². The number of carbonyl (C=O) groups is 1. The molecule has 0 unspecified atom stereocenters. The summed E-state index contributed by atoms with van der Waals surface area (Å²) in [5.41, 5.74) is 6.86. The molecule has 0 aromatic carbocycles. The molecular weight excluding hydrogens is 246 g/mol. The van der Waals surface area contributed by atoms with Gasteiger partial charge in [-0.25, -0.2) is 4.98 Å². The van der Waals surface area contributed by atoms with E-state index in [4.69, 9.17) is 5.73 Å². The van der Waals surface area contributed by atoms with Crippen LogP contribution in [0.1, 0.15) is 32.4 Å². The Morgan fingerprint density at radius 3 is 2.72 bits per heavy atom. The number of amides is 1. The Balaban J connectivity index is 2.58. The van der Waals surface area contributed by atoms with Crippen molar-refractivity contribution in [3.63, 3.8) is 0 Å². The summed E-state index contributed by atoms with van der Waals surface area (Å²) in [5.74, 6) is 0.579. The Labute approximate surface area is 113 Å². The van der Waals surface area contributed by atoms with Crippen molar-refractivity contribution < 1.29 is 4.79 Å². The molecule has 5 heteroatoms. The second-order valence-electron chi connectivity index (χ2n) is 4.07. The molecule has 100 valence electrons. The van der Waals surface area contributed by atoms with Crippen LogP contribution in [0, 0.1) is 0 Å². The molecular formula is C13H21N3OS. The molecule has 1 aromatic heterocycles. The van der Waals surface area contributed by atoms with Gasteiger partial charge >= 0.3 is 0 Å². The first-order valence-electron chi connectivity index (χ1n) is 6.20. The molecule has 4 nitrogen and oxygen atoms in total. The van der Waals surface area contributed by atoms with E-state index in [1.807, 2.05) is 37.8 Å². The zero-order valence-electron chi connectivity index (χ0n) is 11.2. The molecule has 0 aliphatic carbocycles. The second kappa shape index (κ2) is 7.38. The highest BCUT2D eigenvalue weighted by Crippen LogP contribution is 2.19. The van der Waals surface area contributed by atoms with E-state index in [9.17, 15) is 4.79 Å². The summed E-state index contributed by atoms with van der Waals surface area (Å²) >= 11 is 1.46. The maximum atomic E-state index is 11.9. The topological polar surface area (TPSA) is 59.2 Å². The number of aromatic nitrogens is 1. The van der Waals surface area contributed by atoms with Gasteiger partial charge in [0.2, 0.25) is 5.91 Å². The largest absolute Gasteiger partial charge is 0.343 e. The normalized spacial score (nSPS) is 12.2. The molecule has 0 bridgehead atoms. The van der Waals surface area contributed by atoms with Crippen LogP contribution < -0.4 is 5.73 Å². The van der Waals surface area contributed by atoms with Crippen LogP contribution in [0.25, 0.3) is 0 Å². The maximum absolute atomic E-state index is 11.9. The van der Waals surface area contributed by atoms with Crippen LogP contribution in [0.3, 0.4) is 0 Å². The third kappa shape index (κ3) is 4.31. The first kappa shape index (κ1) is 15.0. The molecule has 1 amide bonds. The fourth-order valence-electron chi connectivity index (χ4n) is 1.59. The zero-order chi connectivity index (χ0) is 13.5. The van der Waals surface area contributed by atoms with Crippen molar-refractivity contribution in [2.45, 2.75) is 31.8 Å². The number of rotatable bonds is 6. The number of hydrogen-bond acceptors (Lipinski definition) is 4. The van der Waals surface area contributed by atoms with Gasteiger partial charge < -0.3 is 10.6 Å². The van der Waals surface area contributed by atoms with Gasteiger partial charge in [0, 0.05) is 25.3 Å². The Morgan fingerprint density at radius 2 is 2.17 bits per heavy atom. The van der Waals surface area contributed by atoms with Crippen LogP contribution in [0.2, 0.25) is 0 Å². The molecule has 1 rings (SSSR count). The van der Waals surface area contributed by atoms with Crippen molar-refractivity contribution in [3.8, 4) is 0 Å². The zero-order valence-corrected chi connectivity index (χ0v) is 12.0. The number of thioether (sulfide) groups is 1. The van der Waals surface area contributed by atoms with Gasteiger partial charge in [0.05, 0.1) is 10.8 Å². The minimum absolute atomic E-state index is 0.00849. The van der Waals surface area contributed by atoms with Crippen molar-refractivity contribution in [3.05, 3.63) is 23.9 Å². The van der Waals surface area contributed by atoms with Crippen molar-refractivity contribution in [2.24, 2.45) is 5.73 Å². The SMILES string of the molecule is CCN(CC)C(=O)CSc1cc([C@H](C)N)ccn1. The molecule has 0 saturated carbocycles. The Morgan fingerprint density at radius 1 is 1.50 bits per heavy atom. The lowest BCUT2D eigenvalue weighted by Gasteiger charge is -2.18. The predicted octanol–water partition coefficient (Wildman–Crippen LogP) is 2.06. The highest BCUT2D eigenvalue weighted by molar-refractivity contribution is 7.99. The molecule has 18 heavy (non-hydrogen) atoms. The van der Waals surface area contributed by atoms with E-state index in [1.54, 1.807) is 6.20 Å². The van der Waals surface area contributed by atoms with Gasteiger partial charge in [-0.3, -0.25) is 4.79 Å². The van der Waals surface area contributed by atoms with E-state index in [-0.39, 0.29) is 11.9 Å². The molecule has 0 saturated heterocycles. The third-order valence-corrected chi connectivity index (χ3v) is 3.65. The molecule has 0 aliphatic heterocycles. The Hall–Kier alpha value is -1.07. The van der Waals surface area contributed by atoms with Gasteiger partial charge in [-0.1, -0.05) is 11.8 Å². The van der Waals surface area contributed by atoms with Gasteiger partial charge in [-0.15, -0.1) is 0 Å². The van der Waals surface area contributed by atoms with Gasteiger partial charge in [-0.2, -0.15) is 0 Å². The Bertz CT molecular complexity index is 392. The number of hydrogen-bond donors (Lipinski definition) is 1. The molecule has 1 heterocycles. The average molecular weight is 267 g/mol. The average Bonchev–Trinajstić information content (AvgIpc) is 2.38. The van der Waals surface area contributed by atoms with E-state index in [0.717, 1.165) is 23.7 Å². The highest BCUT2D eigenvalue weighted by atomic mass is 32.2. The minimum Gasteiger partial charge on any atom is -0.343 e. The van der Waals surface area contributed by atoms with Crippen LogP contribution in [-0.2, 0) is 4.79 Å². The van der Waals surface area contributed by atoms with Crippen molar-refractivity contribution in [2.75, 3.05) is 18.8 Å². The molecule has 0 fully saturated rings. The van der Waals surface area contributed by atoms with Crippen molar-refractivity contribution in [1.29, 1.82) is 0 Å². The maximum Gasteiger partial charge on any atom is 0.232 e. The quantitative estimate of drug-likeness (QED) is 0.802. The molecule has 1 atom stereocenters. The van der Waals surface area contributed by atoms with Crippen molar-refractivity contribution in [1.82, 2.24) is 9.88 Å². The number of nitrogens with two attached hydrogens (primary N) is 1. The van der Waals surface area contributed by atoms with E-state index >= 15 is 0 Å². The highest BCUT2D eigenvalue weighted by Gasteiger charge is 2.10. The lowest BCUT2D eigenvalue weighted by atomic mass is 10.1. The fraction of sp³-hybridized carbons (Fsp3) is 0.538. The van der Waals surface area contributed by atoms with E-state index in [2.05, 4.69) is 4.98 Å². The lowest BCUT2D eigenvalue weighted by Crippen LogP contribution is -2.31. The number of nitrogens with zero attached hydrogens (tertiary/aromatic N) is 2. The van der Waals surface area contributed by atoms with Gasteiger partial charge in [0.1, 0.15) is 0 Å². The summed E-state index contributed by atoms with van der Waals surface area (Å²) in [5, 5.41) is 0.852. The van der Waals surface area contributed by atoms with Crippen LogP contribution in [-0.4, -0.2) is 34.6 Å². The fourth-order valence-corrected chi connectivity index (χ4v) is 2.40. The van der Waals surface area contributed by atoms with Gasteiger partial charge in [-0.05, 0) is 38.5 Å². The standard InChI is InChI=1S/C13H21N3OS/c1-4-16(5-2)13(17)9-18-12-8-11(10(3)14)6-7-15-12/h6-8,10H,4-5,9,14H2,1-3H3/t10-/m0/s1. The predicted molar refractivity (Wildman–Crippen MR) is 75.5 cm³/mol. The van der Waals surface area contributed by atoms with E-state index in [0.29, 0.717) is 5.75 Å². The van der Waals surface area contributed by atoms with Crippen LogP contribution in [0.5, 0.6) is 0 Å². The minimum atomic E-state index is -0.00849. The van der Waals surface area contributed by atoms with Crippen LogP contribution in [0.4, 0.5) is 0 Å². The summed E-state index contributed by atoms with van der Waals surface area (Å²) in [6, 6.07) is 3.84. The smallest absolute Gasteiger partial charge is 0.232 e. The molecule has 0 spiro atoms. The Kier molecular flexibility index (Phi) is 6.15. The summed E-state index contributed by atoms with van der Waals surface area (Å²) in [7, 11) is 0. The van der Waals surface area contributed by atoms with Crippen LogP contribution >= 0.6 is 11.8 Å². The summed E-state index contributed by atoms with van der Waals surface area (Å²) in [6.45, 7) is 7.42. The van der Waals surface area contributed by atoms with E-state index in [1.165, 1.54) is 11.8 Å². The number of carbonyl (C=O) groups excluding carboxylic acids is 1. The molecule has 2 N–H and O–H groups in total. The number of pyridine rings is 1. The first-order valence-corrected chi connectivity index (χ1v) is 7.19. The second-order valence-corrected chi connectivity index (χ2v) is 5.07.